The maximum atomic E-state index is 11.6. The Morgan fingerprint density at radius 1 is 1.21 bits per heavy atom. The van der Waals surface area contributed by atoms with Crippen molar-refractivity contribution in [2.75, 3.05) is 31.6 Å². The minimum absolute atomic E-state index is 0.0191. The molecule has 2 aliphatic rings. The second-order valence-corrected chi connectivity index (χ2v) is 4.89. The van der Waals surface area contributed by atoms with Crippen LogP contribution in [0.2, 0.25) is 0 Å². The molecule has 1 atom stereocenters. The van der Waals surface area contributed by atoms with E-state index in [4.69, 9.17) is 4.74 Å². The number of carbonyl (C=O) groups is 2. The van der Waals surface area contributed by atoms with E-state index < -0.39 is 0 Å². The summed E-state index contributed by atoms with van der Waals surface area (Å²) < 4.78 is 4.90. The highest BCUT2D eigenvalue weighted by atomic mass is 16.5. The van der Waals surface area contributed by atoms with Crippen LogP contribution in [0.1, 0.15) is 17.9 Å². The number of amides is 2. The predicted octanol–water partition coefficient (Wildman–Crippen LogP) is 0.971. The fourth-order valence-corrected chi connectivity index (χ4v) is 2.67. The molecule has 1 fully saturated rings. The fourth-order valence-electron chi connectivity index (χ4n) is 2.67. The van der Waals surface area contributed by atoms with Gasteiger partial charge in [0.2, 0.25) is 0 Å². The quantitative estimate of drug-likeness (QED) is 0.823. The highest BCUT2D eigenvalue weighted by molar-refractivity contribution is 5.98. The summed E-state index contributed by atoms with van der Waals surface area (Å²) in [4.78, 5) is 24.6. The summed E-state index contributed by atoms with van der Waals surface area (Å²) in [5.41, 5.74) is 2.43. The lowest BCUT2D eigenvalue weighted by Gasteiger charge is -2.25. The molecule has 19 heavy (non-hydrogen) atoms. The Morgan fingerprint density at radius 3 is 2.74 bits per heavy atom. The molecule has 1 saturated heterocycles. The fraction of sp³-hybridized carbons (Fsp3) is 0.429. The number of morpholine rings is 1. The molecule has 1 aromatic carbocycles. The van der Waals surface area contributed by atoms with Crippen molar-refractivity contribution < 1.29 is 14.3 Å². The normalized spacial score (nSPS) is 22.3. The molecule has 0 spiro atoms. The average molecular weight is 260 g/mol. The number of hydrogen-bond acceptors (Lipinski definition) is 4. The molecule has 100 valence electrons. The van der Waals surface area contributed by atoms with Crippen LogP contribution in [-0.2, 0) is 14.3 Å². The number of carbonyl (C=O) groups excluding carboxylic acids is 2. The molecule has 0 aliphatic carbocycles. The second-order valence-electron chi connectivity index (χ2n) is 4.89. The van der Waals surface area contributed by atoms with Crippen molar-refractivity contribution in [1.29, 1.82) is 0 Å². The molecule has 0 radical (unpaired) electrons. The van der Waals surface area contributed by atoms with Crippen molar-refractivity contribution in [3.8, 4) is 0 Å². The van der Waals surface area contributed by atoms with Crippen LogP contribution >= 0.6 is 0 Å². The minimum Gasteiger partial charge on any atom is -0.384 e. The van der Waals surface area contributed by atoms with Crippen LogP contribution in [0.4, 0.5) is 5.69 Å². The van der Waals surface area contributed by atoms with E-state index in [1.54, 1.807) is 0 Å². The maximum Gasteiger partial charge on any atom is 0.255 e. The average Bonchev–Trinajstić information content (AvgIpc) is 2.82. The van der Waals surface area contributed by atoms with Crippen LogP contribution in [0.25, 0.3) is 0 Å². The third-order valence-electron chi connectivity index (χ3n) is 3.69. The number of ether oxygens (including phenoxy) is 1. The monoisotopic (exact) mass is 260 g/mol. The van der Waals surface area contributed by atoms with Gasteiger partial charge in [0.1, 0.15) is 13.2 Å². The molecule has 3 rings (SSSR count). The second kappa shape index (κ2) is 5.01. The van der Waals surface area contributed by atoms with E-state index >= 15 is 0 Å². The highest BCUT2D eigenvalue weighted by Gasteiger charge is 2.28. The lowest BCUT2D eigenvalue weighted by molar-refractivity contribution is -0.158. The van der Waals surface area contributed by atoms with Gasteiger partial charge in [-0.15, -0.1) is 0 Å². The summed E-state index contributed by atoms with van der Waals surface area (Å²) in [5.74, 6) is -0.0920. The Kier molecular flexibility index (Phi) is 3.21. The molecule has 2 amide bonds. The highest BCUT2D eigenvalue weighted by Crippen LogP contribution is 2.33. The van der Waals surface area contributed by atoms with Crippen molar-refractivity contribution in [3.63, 3.8) is 0 Å². The molecule has 1 N–H and O–H groups in total. The van der Waals surface area contributed by atoms with E-state index in [1.807, 2.05) is 12.1 Å². The Morgan fingerprint density at radius 2 is 1.95 bits per heavy atom. The summed E-state index contributed by atoms with van der Waals surface area (Å²) in [6.07, 6.45) is 0.793. The lowest BCUT2D eigenvalue weighted by atomic mass is 9.97. The topological polar surface area (TPSA) is 58.6 Å². The van der Waals surface area contributed by atoms with E-state index in [-0.39, 0.29) is 25.0 Å². The molecule has 1 unspecified atom stereocenters. The number of anilines is 1. The Bertz CT molecular complexity index is 499. The molecule has 2 heterocycles. The molecule has 0 aromatic heterocycles. The molecule has 5 heteroatoms. The number of rotatable bonds is 3. The number of para-hydroxylation sites is 1. The molecule has 0 saturated carbocycles. The first-order valence-electron chi connectivity index (χ1n) is 6.49. The van der Waals surface area contributed by atoms with Crippen LogP contribution in [0.3, 0.4) is 0 Å². The number of imide groups is 1. The van der Waals surface area contributed by atoms with Crippen molar-refractivity contribution in [3.05, 3.63) is 29.8 Å². The van der Waals surface area contributed by atoms with Gasteiger partial charge in [0.25, 0.3) is 11.8 Å². The third kappa shape index (κ3) is 2.33. The van der Waals surface area contributed by atoms with Crippen molar-refractivity contribution in [1.82, 2.24) is 4.90 Å². The van der Waals surface area contributed by atoms with Crippen LogP contribution in [-0.4, -0.2) is 43.0 Å². The first kappa shape index (κ1) is 12.2. The summed E-state index contributed by atoms with van der Waals surface area (Å²) in [6, 6.07) is 8.18. The number of fused-ring (bicyclic) bond motifs is 1. The zero-order valence-corrected chi connectivity index (χ0v) is 10.6. The third-order valence-corrected chi connectivity index (χ3v) is 3.69. The zero-order chi connectivity index (χ0) is 13.2. The van der Waals surface area contributed by atoms with Gasteiger partial charge in [-0.3, -0.25) is 14.5 Å². The lowest BCUT2D eigenvalue weighted by Crippen LogP contribution is -2.46. The minimum atomic E-state index is -0.226. The van der Waals surface area contributed by atoms with Crippen molar-refractivity contribution >= 4 is 17.5 Å². The van der Waals surface area contributed by atoms with Gasteiger partial charge in [-0.2, -0.15) is 0 Å². The van der Waals surface area contributed by atoms with E-state index in [0.717, 1.165) is 18.7 Å². The smallest absolute Gasteiger partial charge is 0.255 e. The number of nitrogens with one attached hydrogen (secondary N) is 1. The summed E-state index contributed by atoms with van der Waals surface area (Å²) in [7, 11) is 0. The van der Waals surface area contributed by atoms with Gasteiger partial charge < -0.3 is 10.1 Å². The SMILES string of the molecule is O=C1COCC(=O)N1CCC1CNc2ccccc21. The van der Waals surface area contributed by atoms with E-state index in [9.17, 15) is 9.59 Å². The Balaban J connectivity index is 1.64. The Labute approximate surface area is 111 Å². The first-order chi connectivity index (χ1) is 9.25. The van der Waals surface area contributed by atoms with Crippen LogP contribution < -0.4 is 5.32 Å². The summed E-state index contributed by atoms with van der Waals surface area (Å²) in [5, 5.41) is 3.35. The van der Waals surface area contributed by atoms with Crippen molar-refractivity contribution in [2.45, 2.75) is 12.3 Å². The maximum absolute atomic E-state index is 11.6. The van der Waals surface area contributed by atoms with Gasteiger partial charge in [0.05, 0.1) is 0 Å². The molecule has 2 aliphatic heterocycles. The van der Waals surface area contributed by atoms with Gasteiger partial charge in [-0.05, 0) is 18.1 Å². The molecular formula is C14H16N2O3. The van der Waals surface area contributed by atoms with E-state index in [1.165, 1.54) is 10.5 Å². The first-order valence-corrected chi connectivity index (χ1v) is 6.49. The largest absolute Gasteiger partial charge is 0.384 e. The van der Waals surface area contributed by atoms with Crippen LogP contribution in [0.5, 0.6) is 0 Å². The number of benzene rings is 1. The van der Waals surface area contributed by atoms with Crippen LogP contribution in [0, 0.1) is 0 Å². The summed E-state index contributed by atoms with van der Waals surface area (Å²) in [6.45, 7) is 1.38. The molecule has 1 aromatic rings. The number of nitrogens with zero attached hydrogens (tertiary/aromatic N) is 1. The van der Waals surface area contributed by atoms with E-state index in [0.29, 0.717) is 12.5 Å². The standard InChI is InChI=1S/C14H16N2O3/c17-13-8-19-9-14(18)16(13)6-5-10-7-15-12-4-2-1-3-11(10)12/h1-4,10,15H,5-9H2. The van der Waals surface area contributed by atoms with Crippen molar-refractivity contribution in [2.24, 2.45) is 0 Å². The predicted molar refractivity (Wildman–Crippen MR) is 69.8 cm³/mol. The van der Waals surface area contributed by atoms with Gasteiger partial charge >= 0.3 is 0 Å². The van der Waals surface area contributed by atoms with Gasteiger partial charge in [-0.1, -0.05) is 18.2 Å². The Hall–Kier alpha value is -1.88. The van der Waals surface area contributed by atoms with Crippen LogP contribution in [0.15, 0.2) is 24.3 Å². The zero-order valence-electron chi connectivity index (χ0n) is 10.6. The van der Waals surface area contributed by atoms with Gasteiger partial charge in [0.15, 0.2) is 0 Å². The van der Waals surface area contributed by atoms with Gasteiger partial charge in [-0.25, -0.2) is 0 Å². The molecular weight excluding hydrogens is 244 g/mol. The summed E-state index contributed by atoms with van der Waals surface area (Å²) >= 11 is 0. The van der Waals surface area contributed by atoms with E-state index in [2.05, 4.69) is 17.4 Å². The van der Waals surface area contributed by atoms with Gasteiger partial charge in [0, 0.05) is 24.7 Å². The molecule has 5 nitrogen and oxygen atoms in total. The number of hydrogen-bond donors (Lipinski definition) is 1. The molecule has 0 bridgehead atoms.